The van der Waals surface area contributed by atoms with Crippen molar-refractivity contribution in [1.29, 1.82) is 0 Å². The molecule has 1 aliphatic carbocycles. The topological polar surface area (TPSA) is 107 Å². The quantitative estimate of drug-likeness (QED) is 0.708. The first-order valence-electron chi connectivity index (χ1n) is 8.62. The summed E-state index contributed by atoms with van der Waals surface area (Å²) in [7, 11) is 0. The van der Waals surface area contributed by atoms with E-state index < -0.39 is 29.3 Å². The van der Waals surface area contributed by atoms with E-state index in [-0.39, 0.29) is 23.0 Å². The van der Waals surface area contributed by atoms with E-state index in [1.54, 1.807) is 6.92 Å². The smallest absolute Gasteiger partial charge is 0.249 e. The lowest BCUT2D eigenvalue weighted by Gasteiger charge is -2.34. The molecule has 0 aliphatic heterocycles. The Hall–Kier alpha value is -2.84. The fourth-order valence-corrected chi connectivity index (χ4v) is 3.68. The molecule has 2 aromatic rings. The summed E-state index contributed by atoms with van der Waals surface area (Å²) in [6, 6.07) is 1.84. The van der Waals surface area contributed by atoms with Crippen molar-refractivity contribution in [3.63, 3.8) is 0 Å². The van der Waals surface area contributed by atoms with Crippen LogP contribution in [0.3, 0.4) is 0 Å². The van der Waals surface area contributed by atoms with Gasteiger partial charge in [-0.15, -0.1) is 0 Å². The van der Waals surface area contributed by atoms with Crippen molar-refractivity contribution < 1.29 is 18.0 Å². The molecule has 1 aromatic carbocycles. The number of amides is 1. The largest absolute Gasteiger partial charge is 0.384 e. The lowest BCUT2D eigenvalue weighted by Crippen LogP contribution is -2.33. The van der Waals surface area contributed by atoms with Crippen LogP contribution in [0.25, 0.3) is 0 Å². The maximum absolute atomic E-state index is 14.6. The number of anilines is 2. The summed E-state index contributed by atoms with van der Waals surface area (Å²) < 4.78 is 42.1. The molecule has 144 valence electrons. The first-order chi connectivity index (χ1) is 12.8. The van der Waals surface area contributed by atoms with Gasteiger partial charge >= 0.3 is 0 Å². The number of carbonyl (C=O) groups is 1. The minimum absolute atomic E-state index is 0.197. The van der Waals surface area contributed by atoms with Gasteiger partial charge in [0, 0.05) is 29.2 Å². The fraction of sp³-hybridized carbons (Fsp3) is 0.389. The maximum Gasteiger partial charge on any atom is 0.249 e. The molecule has 2 unspecified atom stereocenters. The summed E-state index contributed by atoms with van der Waals surface area (Å²) in [5, 5.41) is 3.17. The lowest BCUT2D eigenvalue weighted by molar-refractivity contribution is 0.0997. The van der Waals surface area contributed by atoms with Crippen LogP contribution in [0.4, 0.5) is 24.8 Å². The monoisotopic (exact) mass is 379 g/mol. The fourth-order valence-electron chi connectivity index (χ4n) is 3.68. The second kappa shape index (κ2) is 7.42. The summed E-state index contributed by atoms with van der Waals surface area (Å²) >= 11 is 0. The number of benzene rings is 1. The van der Waals surface area contributed by atoms with E-state index in [1.165, 1.54) is 6.07 Å². The number of aromatic nitrogens is 2. The number of rotatable bonds is 4. The van der Waals surface area contributed by atoms with Crippen molar-refractivity contribution in [3.05, 3.63) is 46.5 Å². The minimum atomic E-state index is -1.61. The standard InChI is InChI=1S/C18H20F3N5O/c1-8-24-13(22)7-14(25-8)26-12-5-3-2-4-9(12)15-10(18(23)27)6-11(19)16(20)17(15)21/h6-7,9,12H,2-5H2,1H3,(H2,23,27)(H3,22,24,25,26). The Morgan fingerprint density at radius 3 is 2.52 bits per heavy atom. The summed E-state index contributed by atoms with van der Waals surface area (Å²) in [6.45, 7) is 1.68. The molecule has 0 radical (unpaired) electrons. The van der Waals surface area contributed by atoms with Crippen LogP contribution in [0.2, 0.25) is 0 Å². The lowest BCUT2D eigenvalue weighted by atomic mass is 9.77. The Morgan fingerprint density at radius 2 is 1.85 bits per heavy atom. The number of nitrogen functional groups attached to an aromatic ring is 1. The van der Waals surface area contributed by atoms with Crippen molar-refractivity contribution in [1.82, 2.24) is 9.97 Å². The molecule has 1 amide bonds. The molecular formula is C18H20F3N5O. The number of carbonyl (C=O) groups excluding carboxylic acids is 1. The van der Waals surface area contributed by atoms with Crippen LogP contribution in [0.15, 0.2) is 12.1 Å². The van der Waals surface area contributed by atoms with Crippen LogP contribution < -0.4 is 16.8 Å². The molecule has 1 aromatic heterocycles. The Kier molecular flexibility index (Phi) is 5.20. The number of halogens is 3. The molecule has 1 heterocycles. The van der Waals surface area contributed by atoms with Gasteiger partial charge in [0.15, 0.2) is 17.5 Å². The van der Waals surface area contributed by atoms with E-state index in [1.807, 2.05) is 0 Å². The third-order valence-corrected chi connectivity index (χ3v) is 4.79. The zero-order chi connectivity index (χ0) is 19.7. The molecule has 1 aliphatic rings. The predicted molar refractivity (Wildman–Crippen MR) is 94.6 cm³/mol. The van der Waals surface area contributed by atoms with E-state index in [4.69, 9.17) is 11.5 Å². The highest BCUT2D eigenvalue weighted by atomic mass is 19.2. The van der Waals surface area contributed by atoms with Gasteiger partial charge in [-0.05, 0) is 25.8 Å². The average molecular weight is 379 g/mol. The normalized spacial score (nSPS) is 19.7. The summed E-state index contributed by atoms with van der Waals surface area (Å²) in [5.41, 5.74) is 10.5. The number of nitrogens with two attached hydrogens (primary N) is 2. The summed E-state index contributed by atoms with van der Waals surface area (Å²) in [6.07, 6.45) is 2.72. The predicted octanol–water partition coefficient (Wildman–Crippen LogP) is 3.02. The molecule has 1 fully saturated rings. The molecule has 9 heteroatoms. The van der Waals surface area contributed by atoms with Crippen LogP contribution in [-0.2, 0) is 0 Å². The van der Waals surface area contributed by atoms with E-state index in [2.05, 4.69) is 15.3 Å². The van der Waals surface area contributed by atoms with Crippen molar-refractivity contribution in [2.24, 2.45) is 5.73 Å². The number of hydrogen-bond acceptors (Lipinski definition) is 5. The van der Waals surface area contributed by atoms with E-state index in [0.29, 0.717) is 30.6 Å². The van der Waals surface area contributed by atoms with Crippen molar-refractivity contribution in [2.45, 2.75) is 44.6 Å². The molecule has 0 saturated heterocycles. The highest BCUT2D eigenvalue weighted by molar-refractivity contribution is 5.94. The third kappa shape index (κ3) is 3.81. The van der Waals surface area contributed by atoms with Crippen LogP contribution in [-0.4, -0.2) is 21.9 Å². The summed E-state index contributed by atoms with van der Waals surface area (Å²) in [4.78, 5) is 20.0. The molecule has 27 heavy (non-hydrogen) atoms. The van der Waals surface area contributed by atoms with Crippen molar-refractivity contribution >= 4 is 17.5 Å². The molecule has 6 nitrogen and oxygen atoms in total. The van der Waals surface area contributed by atoms with Gasteiger partial charge in [-0.1, -0.05) is 12.8 Å². The SMILES string of the molecule is Cc1nc(N)cc(NC2CCCCC2c2c(C(N)=O)cc(F)c(F)c2F)n1. The van der Waals surface area contributed by atoms with Gasteiger partial charge in [0.05, 0.1) is 0 Å². The van der Waals surface area contributed by atoms with Gasteiger partial charge in [0.25, 0.3) is 0 Å². The van der Waals surface area contributed by atoms with Gasteiger partial charge in [-0.2, -0.15) is 0 Å². The Balaban J connectivity index is 2.03. The Bertz CT molecular complexity index is 870. The van der Waals surface area contributed by atoms with Crippen LogP contribution in [0.1, 0.15) is 53.3 Å². The van der Waals surface area contributed by atoms with Crippen molar-refractivity contribution in [3.8, 4) is 0 Å². The second-order valence-corrected chi connectivity index (χ2v) is 6.68. The number of hydrogen-bond donors (Lipinski definition) is 3. The third-order valence-electron chi connectivity index (χ3n) is 4.79. The number of primary amides is 1. The first kappa shape index (κ1) is 18.9. The summed E-state index contributed by atoms with van der Waals surface area (Å²) in [5.74, 6) is -4.83. The first-order valence-corrected chi connectivity index (χ1v) is 8.62. The molecule has 2 atom stereocenters. The highest BCUT2D eigenvalue weighted by Gasteiger charge is 2.34. The van der Waals surface area contributed by atoms with Gasteiger partial charge < -0.3 is 16.8 Å². The van der Waals surface area contributed by atoms with Gasteiger partial charge in [-0.3, -0.25) is 4.79 Å². The molecule has 5 N–H and O–H groups in total. The average Bonchev–Trinajstić information content (AvgIpc) is 2.59. The number of aryl methyl sites for hydroxylation is 1. The number of nitrogens with one attached hydrogen (secondary N) is 1. The zero-order valence-corrected chi connectivity index (χ0v) is 14.7. The van der Waals surface area contributed by atoms with Gasteiger partial charge in [-0.25, -0.2) is 23.1 Å². The second-order valence-electron chi connectivity index (χ2n) is 6.68. The van der Waals surface area contributed by atoms with Crippen LogP contribution >= 0.6 is 0 Å². The highest BCUT2D eigenvalue weighted by Crippen LogP contribution is 2.38. The molecule has 0 spiro atoms. The molecule has 0 bridgehead atoms. The molecular weight excluding hydrogens is 359 g/mol. The number of nitrogens with zero attached hydrogens (tertiary/aromatic N) is 2. The van der Waals surface area contributed by atoms with E-state index in [0.717, 1.165) is 12.8 Å². The van der Waals surface area contributed by atoms with Gasteiger partial charge in [0.1, 0.15) is 17.5 Å². The van der Waals surface area contributed by atoms with E-state index in [9.17, 15) is 18.0 Å². The Morgan fingerprint density at radius 1 is 1.15 bits per heavy atom. The van der Waals surface area contributed by atoms with E-state index >= 15 is 0 Å². The van der Waals surface area contributed by atoms with Gasteiger partial charge in [0.2, 0.25) is 5.91 Å². The molecule has 3 rings (SSSR count). The zero-order valence-electron chi connectivity index (χ0n) is 14.7. The van der Waals surface area contributed by atoms with Crippen LogP contribution in [0, 0.1) is 24.4 Å². The minimum Gasteiger partial charge on any atom is -0.384 e. The van der Waals surface area contributed by atoms with Crippen LogP contribution in [0.5, 0.6) is 0 Å². The maximum atomic E-state index is 14.6. The Labute approximate surface area is 154 Å². The molecule has 1 saturated carbocycles. The van der Waals surface area contributed by atoms with Crippen molar-refractivity contribution in [2.75, 3.05) is 11.1 Å².